The number of carbonyl (C=O) groups is 4. The SMILES string of the molecule is CNC(=O)CCC(C=O)N1C(=O)c2cccc(NCCOCCOCCOCCOCCOCCN3CC(C(c4ccccc4)n4cc(NC)cn4)C3)c2C1=O. The molecular weight excluding hydrogens is 722 g/mol. The smallest absolute Gasteiger partial charge is 0.264 e. The molecule has 2 aromatic carbocycles. The summed E-state index contributed by atoms with van der Waals surface area (Å²) >= 11 is 0. The van der Waals surface area contributed by atoms with Gasteiger partial charge in [-0.05, 0) is 24.1 Å². The molecular formula is C40H55N7O9. The van der Waals surface area contributed by atoms with Gasteiger partial charge in [-0.3, -0.25) is 24.0 Å². The summed E-state index contributed by atoms with van der Waals surface area (Å²) in [6.07, 6.45) is 4.54. The van der Waals surface area contributed by atoms with Gasteiger partial charge in [-0.25, -0.2) is 0 Å². The minimum Gasteiger partial charge on any atom is -0.386 e. The molecule has 3 N–H and O–H groups in total. The first-order valence-electron chi connectivity index (χ1n) is 19.2. The van der Waals surface area contributed by atoms with E-state index in [1.165, 1.54) is 12.6 Å². The van der Waals surface area contributed by atoms with Crippen LogP contribution in [0.5, 0.6) is 0 Å². The number of likely N-dealkylation sites (tertiary alicyclic amines) is 1. The molecule has 0 spiro atoms. The molecule has 16 heteroatoms. The zero-order chi connectivity index (χ0) is 39.5. The molecule has 0 bridgehead atoms. The van der Waals surface area contributed by atoms with Crippen LogP contribution < -0.4 is 16.0 Å². The third kappa shape index (κ3) is 11.9. The fourth-order valence-electron chi connectivity index (χ4n) is 6.75. The third-order valence-corrected chi connectivity index (χ3v) is 9.73. The van der Waals surface area contributed by atoms with Crippen LogP contribution in [0.1, 0.15) is 45.2 Å². The van der Waals surface area contributed by atoms with Gasteiger partial charge in [-0.2, -0.15) is 5.10 Å². The number of amides is 3. The lowest BCUT2D eigenvalue weighted by molar-refractivity contribution is -0.121. The van der Waals surface area contributed by atoms with E-state index in [2.05, 4.69) is 61.1 Å². The largest absolute Gasteiger partial charge is 0.386 e. The number of aromatic nitrogens is 2. The Bertz CT molecular complexity index is 1690. The van der Waals surface area contributed by atoms with Gasteiger partial charge in [0.1, 0.15) is 6.29 Å². The monoisotopic (exact) mass is 777 g/mol. The van der Waals surface area contributed by atoms with Crippen LogP contribution in [0.25, 0.3) is 0 Å². The molecule has 5 rings (SSSR count). The van der Waals surface area contributed by atoms with E-state index in [1.54, 1.807) is 18.2 Å². The second-order valence-corrected chi connectivity index (χ2v) is 13.4. The maximum absolute atomic E-state index is 13.2. The van der Waals surface area contributed by atoms with E-state index in [9.17, 15) is 19.2 Å². The van der Waals surface area contributed by atoms with Crippen LogP contribution in [0.4, 0.5) is 11.4 Å². The topological polar surface area (TPSA) is 175 Å². The van der Waals surface area contributed by atoms with Crippen molar-refractivity contribution in [3.8, 4) is 0 Å². The molecule has 56 heavy (non-hydrogen) atoms. The lowest BCUT2D eigenvalue weighted by atomic mass is 9.87. The Morgan fingerprint density at radius 1 is 0.839 bits per heavy atom. The first kappa shape index (κ1) is 42.4. The number of nitrogens with zero attached hydrogens (tertiary/aromatic N) is 4. The van der Waals surface area contributed by atoms with E-state index in [1.807, 2.05) is 19.3 Å². The summed E-state index contributed by atoms with van der Waals surface area (Å²) in [5.74, 6) is -0.908. The predicted molar refractivity (Wildman–Crippen MR) is 209 cm³/mol. The van der Waals surface area contributed by atoms with Crippen LogP contribution in [0.15, 0.2) is 60.9 Å². The first-order valence-corrected chi connectivity index (χ1v) is 19.2. The number of aldehydes is 1. The summed E-state index contributed by atoms with van der Waals surface area (Å²) in [5.41, 5.74) is 3.19. The highest BCUT2D eigenvalue weighted by molar-refractivity contribution is 6.24. The van der Waals surface area contributed by atoms with Crippen LogP contribution in [0, 0.1) is 5.92 Å². The van der Waals surface area contributed by atoms with Gasteiger partial charge >= 0.3 is 0 Å². The molecule has 1 fully saturated rings. The number of rotatable bonds is 28. The normalized spacial score (nSPS) is 15.4. The van der Waals surface area contributed by atoms with Crippen molar-refractivity contribution in [3.05, 3.63) is 77.6 Å². The Morgan fingerprint density at radius 3 is 2.09 bits per heavy atom. The van der Waals surface area contributed by atoms with Gasteiger partial charge < -0.3 is 49.3 Å². The van der Waals surface area contributed by atoms with Crippen LogP contribution in [-0.4, -0.2) is 156 Å². The zero-order valence-electron chi connectivity index (χ0n) is 32.4. The maximum atomic E-state index is 13.2. The fourth-order valence-corrected chi connectivity index (χ4v) is 6.75. The highest BCUT2D eigenvalue weighted by Crippen LogP contribution is 2.34. The van der Waals surface area contributed by atoms with Gasteiger partial charge in [0.25, 0.3) is 11.8 Å². The number of nitrogens with one attached hydrogen (secondary N) is 3. The Hall–Kier alpha value is -4.71. The van der Waals surface area contributed by atoms with Crippen molar-refractivity contribution in [2.45, 2.75) is 24.9 Å². The summed E-state index contributed by atoms with van der Waals surface area (Å²) in [6, 6.07) is 14.7. The quantitative estimate of drug-likeness (QED) is 0.0558. The molecule has 1 aromatic heterocycles. The molecule has 2 atom stereocenters. The van der Waals surface area contributed by atoms with E-state index in [0.29, 0.717) is 90.5 Å². The van der Waals surface area contributed by atoms with Crippen molar-refractivity contribution in [3.63, 3.8) is 0 Å². The Labute approximate surface area is 328 Å². The van der Waals surface area contributed by atoms with Crippen molar-refractivity contribution in [2.24, 2.45) is 5.92 Å². The summed E-state index contributed by atoms with van der Waals surface area (Å²) in [5, 5.41) is 13.4. The third-order valence-electron chi connectivity index (χ3n) is 9.73. The van der Waals surface area contributed by atoms with Gasteiger partial charge in [-0.15, -0.1) is 0 Å². The van der Waals surface area contributed by atoms with Crippen molar-refractivity contribution in [2.75, 3.05) is 117 Å². The number of ether oxygens (including phenoxy) is 5. The van der Waals surface area contributed by atoms with Crippen LogP contribution >= 0.6 is 0 Å². The van der Waals surface area contributed by atoms with Crippen LogP contribution in [0.2, 0.25) is 0 Å². The average Bonchev–Trinajstić information content (AvgIpc) is 3.78. The minimum absolute atomic E-state index is 0.0178. The second kappa shape index (κ2) is 22.7. The molecule has 304 valence electrons. The Balaban J connectivity index is 0.826. The van der Waals surface area contributed by atoms with Crippen molar-refractivity contribution >= 4 is 35.4 Å². The molecule has 3 amide bonds. The minimum atomic E-state index is -1.03. The molecule has 3 heterocycles. The molecule has 0 radical (unpaired) electrons. The molecule has 0 aliphatic carbocycles. The van der Waals surface area contributed by atoms with Crippen LogP contribution in [-0.2, 0) is 33.3 Å². The second-order valence-electron chi connectivity index (χ2n) is 13.4. The molecule has 2 aliphatic rings. The van der Waals surface area contributed by atoms with Crippen molar-refractivity contribution in [1.82, 2.24) is 24.9 Å². The number of carbonyl (C=O) groups excluding carboxylic acids is 4. The van der Waals surface area contributed by atoms with Crippen molar-refractivity contribution < 1.29 is 42.9 Å². The highest BCUT2D eigenvalue weighted by Gasteiger charge is 2.41. The summed E-state index contributed by atoms with van der Waals surface area (Å²) in [6.45, 7) is 7.94. The Morgan fingerprint density at radius 2 is 1.48 bits per heavy atom. The van der Waals surface area contributed by atoms with Gasteiger partial charge in [0.2, 0.25) is 5.91 Å². The summed E-state index contributed by atoms with van der Waals surface area (Å²) in [7, 11) is 3.39. The van der Waals surface area contributed by atoms with Gasteiger partial charge in [-0.1, -0.05) is 36.4 Å². The van der Waals surface area contributed by atoms with Crippen LogP contribution in [0.3, 0.4) is 0 Å². The van der Waals surface area contributed by atoms with E-state index in [-0.39, 0.29) is 35.9 Å². The Kier molecular flexibility index (Phi) is 17.2. The molecule has 2 unspecified atom stereocenters. The van der Waals surface area contributed by atoms with Crippen molar-refractivity contribution in [1.29, 1.82) is 0 Å². The lowest BCUT2D eigenvalue weighted by Crippen LogP contribution is -2.51. The lowest BCUT2D eigenvalue weighted by Gasteiger charge is -2.43. The average molecular weight is 778 g/mol. The maximum Gasteiger partial charge on any atom is 0.264 e. The molecule has 0 saturated carbocycles. The molecule has 16 nitrogen and oxygen atoms in total. The van der Waals surface area contributed by atoms with E-state index < -0.39 is 17.9 Å². The van der Waals surface area contributed by atoms with Gasteiger partial charge in [0.05, 0.1) is 101 Å². The predicted octanol–water partition coefficient (Wildman–Crippen LogP) is 2.33. The summed E-state index contributed by atoms with van der Waals surface area (Å²) in [4.78, 5) is 52.9. The number of hydrogen-bond donors (Lipinski definition) is 3. The number of fused-ring (bicyclic) bond motifs is 1. The summed E-state index contributed by atoms with van der Waals surface area (Å²) < 4.78 is 30.2. The molecule has 3 aromatic rings. The highest BCUT2D eigenvalue weighted by atomic mass is 16.6. The molecule has 1 saturated heterocycles. The fraction of sp³-hybridized carbons (Fsp3) is 0.525. The zero-order valence-corrected chi connectivity index (χ0v) is 32.4. The van der Waals surface area contributed by atoms with Gasteiger partial charge in [0.15, 0.2) is 0 Å². The molecule has 2 aliphatic heterocycles. The first-order chi connectivity index (χ1) is 27.4. The number of imide groups is 1. The van der Waals surface area contributed by atoms with E-state index in [4.69, 9.17) is 23.7 Å². The van der Waals surface area contributed by atoms with E-state index in [0.717, 1.165) is 30.2 Å². The number of benzene rings is 2. The standard InChI is InChI=1S/C40H55N7O9/c1-41-32-25-44-46(28-32)38(30-7-4-3-5-8-30)31-26-45(27-31)14-16-53-18-20-55-22-24-56-23-21-54-19-17-52-15-13-43-35-10-6-9-34-37(35)40(51)47(39(34)50)33(29-48)11-12-36(49)42-2/h3-10,25,28-29,31,33,38,41,43H,11-24,26-27H2,1-2H3,(H,42,49). The van der Waals surface area contributed by atoms with Gasteiger partial charge in [0, 0.05) is 64.5 Å². The number of anilines is 2. The number of hydrogen-bond acceptors (Lipinski definition) is 13. The van der Waals surface area contributed by atoms with E-state index >= 15 is 0 Å².